The van der Waals surface area contributed by atoms with Crippen molar-refractivity contribution in [3.63, 3.8) is 0 Å². The Morgan fingerprint density at radius 2 is 1.81 bits per heavy atom. The summed E-state index contributed by atoms with van der Waals surface area (Å²) in [6.45, 7) is 4.28. The molecular formula is C20H23BrN2O3S. The summed E-state index contributed by atoms with van der Waals surface area (Å²) in [6, 6.07) is 11.5. The van der Waals surface area contributed by atoms with E-state index in [9.17, 15) is 13.2 Å². The molecule has 0 aliphatic carbocycles. The van der Waals surface area contributed by atoms with Gasteiger partial charge in [0.05, 0.1) is 4.90 Å². The number of aryl methyl sites for hydroxylation is 1. The van der Waals surface area contributed by atoms with Crippen LogP contribution in [0, 0.1) is 13.8 Å². The number of anilines is 1. The zero-order valence-electron chi connectivity index (χ0n) is 15.4. The van der Waals surface area contributed by atoms with E-state index in [1.54, 1.807) is 24.3 Å². The number of halogens is 1. The number of carbonyl (C=O) groups excluding carboxylic acids is 1. The van der Waals surface area contributed by atoms with Crippen LogP contribution in [0.1, 0.15) is 30.4 Å². The van der Waals surface area contributed by atoms with Crippen LogP contribution in [0.4, 0.5) is 5.69 Å². The number of nitrogens with zero attached hydrogens (tertiary/aromatic N) is 1. The minimum Gasteiger partial charge on any atom is -0.324 e. The molecule has 1 aliphatic rings. The molecule has 0 radical (unpaired) electrons. The van der Waals surface area contributed by atoms with Gasteiger partial charge in [0.25, 0.3) is 0 Å². The molecule has 1 atom stereocenters. The summed E-state index contributed by atoms with van der Waals surface area (Å²) in [5, 5.41) is 2.93. The summed E-state index contributed by atoms with van der Waals surface area (Å²) in [7, 11) is -3.73. The second-order valence-electron chi connectivity index (χ2n) is 6.82. The molecule has 1 saturated heterocycles. The van der Waals surface area contributed by atoms with Crippen molar-refractivity contribution in [1.82, 2.24) is 4.31 Å². The average molecular weight is 451 g/mol. The van der Waals surface area contributed by atoms with Gasteiger partial charge in [0.1, 0.15) is 6.04 Å². The first-order valence-corrected chi connectivity index (χ1v) is 11.2. The second kappa shape index (κ2) is 8.12. The number of amides is 1. The van der Waals surface area contributed by atoms with E-state index in [1.165, 1.54) is 4.31 Å². The van der Waals surface area contributed by atoms with Gasteiger partial charge in [-0.3, -0.25) is 4.79 Å². The van der Waals surface area contributed by atoms with Crippen LogP contribution in [0.5, 0.6) is 0 Å². The molecule has 3 rings (SSSR count). The van der Waals surface area contributed by atoms with Crippen LogP contribution in [0.3, 0.4) is 0 Å². The van der Waals surface area contributed by atoms with Gasteiger partial charge in [0.2, 0.25) is 15.9 Å². The van der Waals surface area contributed by atoms with E-state index in [1.807, 2.05) is 32.0 Å². The Hall–Kier alpha value is -1.70. The number of sulfonamides is 1. The molecule has 0 aromatic heterocycles. The monoisotopic (exact) mass is 450 g/mol. The predicted molar refractivity (Wildman–Crippen MR) is 110 cm³/mol. The lowest BCUT2D eigenvalue weighted by Crippen LogP contribution is -2.49. The van der Waals surface area contributed by atoms with Gasteiger partial charge in [-0.2, -0.15) is 4.31 Å². The van der Waals surface area contributed by atoms with Crippen LogP contribution >= 0.6 is 15.9 Å². The molecule has 1 fully saturated rings. The van der Waals surface area contributed by atoms with Gasteiger partial charge < -0.3 is 5.32 Å². The van der Waals surface area contributed by atoms with Gasteiger partial charge in [0, 0.05) is 16.7 Å². The molecule has 27 heavy (non-hydrogen) atoms. The Balaban J connectivity index is 1.87. The van der Waals surface area contributed by atoms with Crippen molar-refractivity contribution < 1.29 is 13.2 Å². The molecule has 1 N–H and O–H groups in total. The van der Waals surface area contributed by atoms with Crippen molar-refractivity contribution >= 4 is 37.5 Å². The van der Waals surface area contributed by atoms with Gasteiger partial charge >= 0.3 is 0 Å². The molecule has 0 bridgehead atoms. The third-order valence-electron chi connectivity index (χ3n) is 5.04. The lowest BCUT2D eigenvalue weighted by Gasteiger charge is -2.33. The van der Waals surface area contributed by atoms with Gasteiger partial charge in [-0.05, 0) is 68.1 Å². The Morgan fingerprint density at radius 3 is 2.52 bits per heavy atom. The number of rotatable bonds is 4. The number of hydrogen-bond acceptors (Lipinski definition) is 3. The highest BCUT2D eigenvalue weighted by Gasteiger charge is 2.37. The Bertz CT molecular complexity index is 942. The topological polar surface area (TPSA) is 66.5 Å². The van der Waals surface area contributed by atoms with Crippen molar-refractivity contribution in [2.75, 3.05) is 11.9 Å². The number of nitrogens with one attached hydrogen (secondary N) is 1. The minimum atomic E-state index is -3.73. The highest BCUT2D eigenvalue weighted by atomic mass is 79.9. The first kappa shape index (κ1) is 20.0. The third-order valence-corrected chi connectivity index (χ3v) is 7.49. The normalized spacial score (nSPS) is 18.3. The number of piperidine rings is 1. The molecule has 1 amide bonds. The van der Waals surface area contributed by atoms with E-state index < -0.39 is 16.1 Å². The highest BCUT2D eigenvalue weighted by molar-refractivity contribution is 9.10. The highest BCUT2D eigenvalue weighted by Crippen LogP contribution is 2.28. The van der Waals surface area contributed by atoms with Crippen LogP contribution in [-0.4, -0.2) is 31.2 Å². The predicted octanol–water partition coefficient (Wildman–Crippen LogP) is 4.25. The number of benzene rings is 2. The molecule has 0 saturated carbocycles. The number of carbonyl (C=O) groups is 1. The second-order valence-corrected chi connectivity index (χ2v) is 9.62. The van der Waals surface area contributed by atoms with E-state index in [4.69, 9.17) is 0 Å². The van der Waals surface area contributed by atoms with Gasteiger partial charge in [-0.25, -0.2) is 8.42 Å². The summed E-state index contributed by atoms with van der Waals surface area (Å²) < 4.78 is 28.4. The SMILES string of the molecule is Cc1cccc(NC(=O)C2CCCCN2S(=O)(=O)c2ccc(Br)cc2)c1C. The summed E-state index contributed by atoms with van der Waals surface area (Å²) in [5.74, 6) is -0.274. The molecule has 144 valence electrons. The summed E-state index contributed by atoms with van der Waals surface area (Å²) in [4.78, 5) is 13.2. The van der Waals surface area contributed by atoms with E-state index in [-0.39, 0.29) is 10.8 Å². The summed E-state index contributed by atoms with van der Waals surface area (Å²) in [6.07, 6.45) is 2.10. The Kier molecular flexibility index (Phi) is 6.03. The van der Waals surface area contributed by atoms with Crippen LogP contribution < -0.4 is 5.32 Å². The zero-order valence-corrected chi connectivity index (χ0v) is 17.8. The molecule has 0 spiro atoms. The van der Waals surface area contributed by atoms with Gasteiger partial charge in [0.15, 0.2) is 0 Å². The molecule has 1 aliphatic heterocycles. The van der Waals surface area contributed by atoms with Crippen molar-refractivity contribution in [3.8, 4) is 0 Å². The van der Waals surface area contributed by atoms with Crippen molar-refractivity contribution in [2.24, 2.45) is 0 Å². The van der Waals surface area contributed by atoms with Crippen LogP contribution in [0.2, 0.25) is 0 Å². The molecule has 1 unspecified atom stereocenters. The molecule has 2 aromatic rings. The maximum Gasteiger partial charge on any atom is 0.243 e. The first-order chi connectivity index (χ1) is 12.8. The fourth-order valence-electron chi connectivity index (χ4n) is 3.30. The Morgan fingerprint density at radius 1 is 1.11 bits per heavy atom. The fourth-order valence-corrected chi connectivity index (χ4v) is 5.22. The van der Waals surface area contributed by atoms with Crippen LogP contribution in [-0.2, 0) is 14.8 Å². The lowest BCUT2D eigenvalue weighted by atomic mass is 10.0. The smallest absolute Gasteiger partial charge is 0.243 e. The van der Waals surface area contributed by atoms with E-state index >= 15 is 0 Å². The van der Waals surface area contributed by atoms with E-state index in [2.05, 4.69) is 21.2 Å². The molecule has 7 heteroatoms. The van der Waals surface area contributed by atoms with E-state index in [0.717, 1.165) is 34.1 Å². The Labute approximate surface area is 169 Å². The zero-order chi connectivity index (χ0) is 19.6. The van der Waals surface area contributed by atoms with Crippen LogP contribution in [0.25, 0.3) is 0 Å². The fraction of sp³-hybridized carbons (Fsp3) is 0.350. The van der Waals surface area contributed by atoms with Crippen molar-refractivity contribution in [1.29, 1.82) is 0 Å². The average Bonchev–Trinajstić information content (AvgIpc) is 2.66. The molecule has 1 heterocycles. The maximum absolute atomic E-state index is 13.1. The standard InChI is InChI=1S/C20H23BrN2O3S/c1-14-6-5-7-18(15(14)2)22-20(24)19-8-3-4-13-23(19)27(25,26)17-11-9-16(21)10-12-17/h5-7,9-12,19H,3-4,8,13H2,1-2H3,(H,22,24). The quantitative estimate of drug-likeness (QED) is 0.756. The van der Waals surface area contributed by atoms with Crippen LogP contribution in [0.15, 0.2) is 51.8 Å². The maximum atomic E-state index is 13.1. The van der Waals surface area contributed by atoms with Crippen molar-refractivity contribution in [2.45, 2.75) is 44.0 Å². The molecular weight excluding hydrogens is 428 g/mol. The van der Waals surface area contributed by atoms with Crippen molar-refractivity contribution in [3.05, 3.63) is 58.1 Å². The minimum absolute atomic E-state index is 0.206. The summed E-state index contributed by atoms with van der Waals surface area (Å²) >= 11 is 3.32. The van der Waals surface area contributed by atoms with E-state index in [0.29, 0.717) is 13.0 Å². The van der Waals surface area contributed by atoms with Gasteiger partial charge in [-0.1, -0.05) is 34.5 Å². The largest absolute Gasteiger partial charge is 0.324 e. The molecule has 2 aromatic carbocycles. The molecule has 5 nitrogen and oxygen atoms in total. The summed E-state index contributed by atoms with van der Waals surface area (Å²) in [5.41, 5.74) is 2.80. The number of hydrogen-bond donors (Lipinski definition) is 1. The first-order valence-electron chi connectivity index (χ1n) is 8.95. The van der Waals surface area contributed by atoms with Gasteiger partial charge in [-0.15, -0.1) is 0 Å². The lowest BCUT2D eigenvalue weighted by molar-refractivity contribution is -0.120. The third kappa shape index (κ3) is 4.25.